The van der Waals surface area contributed by atoms with Crippen molar-refractivity contribution in [2.24, 2.45) is 16.8 Å². The lowest BCUT2D eigenvalue weighted by atomic mass is 10.1. The highest BCUT2D eigenvalue weighted by atomic mass is 32.2. The van der Waals surface area contributed by atoms with Crippen molar-refractivity contribution in [3.05, 3.63) is 0 Å². The third kappa shape index (κ3) is 5.00. The number of nitrogens with zero attached hydrogens (tertiary/aromatic N) is 2. The van der Waals surface area contributed by atoms with Gasteiger partial charge in [0, 0.05) is 20.6 Å². The number of nitrogens with one attached hydrogen (secondary N) is 1. The number of carbonyl (C=O) groups is 1. The molecule has 1 unspecified atom stereocenters. The average molecular weight is 266 g/mol. The van der Waals surface area contributed by atoms with Crippen molar-refractivity contribution in [3.8, 4) is 0 Å². The Kier molecular flexibility index (Phi) is 5.89. The monoisotopic (exact) mass is 266 g/mol. The van der Waals surface area contributed by atoms with Gasteiger partial charge in [0.1, 0.15) is 0 Å². The first-order valence-electron chi connectivity index (χ1n) is 4.87. The average Bonchev–Trinajstić information content (AvgIpc) is 2.26. The topological polar surface area (TPSA) is 125 Å². The molecule has 1 amide bonds. The van der Waals surface area contributed by atoms with Gasteiger partial charge in [-0.2, -0.15) is 0 Å². The summed E-state index contributed by atoms with van der Waals surface area (Å²) in [5, 5.41) is 13.5. The van der Waals surface area contributed by atoms with Crippen molar-refractivity contribution in [3.63, 3.8) is 0 Å². The number of rotatable bonds is 6. The van der Waals surface area contributed by atoms with Crippen LogP contribution in [-0.2, 0) is 14.8 Å². The Bertz CT molecular complexity index is 390. The van der Waals surface area contributed by atoms with Crippen LogP contribution in [0.25, 0.3) is 0 Å². The first kappa shape index (κ1) is 15.7. The van der Waals surface area contributed by atoms with Crippen LogP contribution in [0.3, 0.4) is 0 Å². The molecule has 0 rings (SSSR count). The molecule has 100 valence electrons. The minimum atomic E-state index is -3.34. The van der Waals surface area contributed by atoms with Gasteiger partial charge in [-0.25, -0.2) is 12.7 Å². The summed E-state index contributed by atoms with van der Waals surface area (Å²) in [4.78, 5) is 11.4. The third-order valence-corrected chi connectivity index (χ3v) is 4.00. The summed E-state index contributed by atoms with van der Waals surface area (Å²) in [6.07, 6.45) is 0. The van der Waals surface area contributed by atoms with Gasteiger partial charge in [0.15, 0.2) is 5.84 Å². The standard InChI is InChI=1S/C8H18N4O4S/c1-6(7(9)11-14)8(13)10-4-5-17(15,16)12(2)3/h6,14H,4-5H2,1-3H3,(H2,9,11)(H,10,13). The van der Waals surface area contributed by atoms with Crippen LogP contribution in [0.1, 0.15) is 6.92 Å². The van der Waals surface area contributed by atoms with Crippen LogP contribution in [-0.4, -0.2) is 56.1 Å². The zero-order chi connectivity index (χ0) is 13.6. The summed E-state index contributed by atoms with van der Waals surface area (Å²) in [7, 11) is -0.512. The van der Waals surface area contributed by atoms with E-state index in [1.807, 2.05) is 0 Å². The van der Waals surface area contributed by atoms with Crippen LogP contribution >= 0.6 is 0 Å². The molecule has 0 aromatic rings. The Labute approximate surface area is 101 Å². The Hall–Kier alpha value is -1.35. The van der Waals surface area contributed by atoms with E-state index in [2.05, 4.69) is 10.5 Å². The van der Waals surface area contributed by atoms with Crippen molar-refractivity contribution in [1.82, 2.24) is 9.62 Å². The van der Waals surface area contributed by atoms with Gasteiger partial charge in [0.05, 0.1) is 11.7 Å². The van der Waals surface area contributed by atoms with E-state index in [-0.39, 0.29) is 18.1 Å². The highest BCUT2D eigenvalue weighted by Crippen LogP contribution is 1.96. The molecule has 0 fully saturated rings. The molecule has 0 aliphatic rings. The summed E-state index contributed by atoms with van der Waals surface area (Å²) in [5.41, 5.74) is 5.24. The lowest BCUT2D eigenvalue weighted by Crippen LogP contribution is -2.40. The molecule has 0 aromatic heterocycles. The van der Waals surface area contributed by atoms with Crippen molar-refractivity contribution in [1.29, 1.82) is 0 Å². The van der Waals surface area contributed by atoms with E-state index in [1.165, 1.54) is 21.0 Å². The van der Waals surface area contributed by atoms with Gasteiger partial charge in [0.2, 0.25) is 15.9 Å². The van der Waals surface area contributed by atoms with Crippen LogP contribution in [0.15, 0.2) is 5.16 Å². The predicted molar refractivity (Wildman–Crippen MR) is 63.1 cm³/mol. The maximum Gasteiger partial charge on any atom is 0.230 e. The molecule has 0 aliphatic carbocycles. The number of nitrogens with two attached hydrogens (primary N) is 1. The minimum Gasteiger partial charge on any atom is -0.409 e. The number of amidine groups is 1. The number of amides is 1. The quantitative estimate of drug-likeness (QED) is 0.230. The van der Waals surface area contributed by atoms with Crippen molar-refractivity contribution in [2.45, 2.75) is 6.92 Å². The third-order valence-electron chi connectivity index (χ3n) is 2.17. The van der Waals surface area contributed by atoms with Gasteiger partial charge in [0.25, 0.3) is 0 Å². The van der Waals surface area contributed by atoms with Crippen molar-refractivity contribution < 1.29 is 18.4 Å². The summed E-state index contributed by atoms with van der Waals surface area (Å²) in [5.74, 6) is -1.72. The summed E-state index contributed by atoms with van der Waals surface area (Å²) < 4.78 is 23.8. The molecule has 17 heavy (non-hydrogen) atoms. The second kappa shape index (κ2) is 6.40. The van der Waals surface area contributed by atoms with Crippen LogP contribution < -0.4 is 11.1 Å². The molecule has 0 aromatic carbocycles. The number of hydrogen-bond acceptors (Lipinski definition) is 5. The highest BCUT2D eigenvalue weighted by molar-refractivity contribution is 7.89. The van der Waals surface area contributed by atoms with E-state index in [4.69, 9.17) is 10.9 Å². The number of sulfonamides is 1. The minimum absolute atomic E-state index is 0.0254. The normalized spacial score (nSPS) is 14.7. The molecule has 9 heteroatoms. The van der Waals surface area contributed by atoms with E-state index >= 15 is 0 Å². The van der Waals surface area contributed by atoms with Gasteiger partial charge in [-0.1, -0.05) is 5.16 Å². The van der Waals surface area contributed by atoms with Gasteiger partial charge in [-0.05, 0) is 6.92 Å². The predicted octanol–water partition coefficient (Wildman–Crippen LogP) is -1.62. The maximum atomic E-state index is 11.4. The Balaban J connectivity index is 4.20. The Morgan fingerprint density at radius 2 is 2.06 bits per heavy atom. The smallest absolute Gasteiger partial charge is 0.230 e. The number of oxime groups is 1. The Morgan fingerprint density at radius 1 is 1.53 bits per heavy atom. The molecule has 0 aliphatic heterocycles. The van der Waals surface area contributed by atoms with Crippen molar-refractivity contribution >= 4 is 21.8 Å². The first-order valence-corrected chi connectivity index (χ1v) is 6.48. The largest absolute Gasteiger partial charge is 0.409 e. The number of carbonyl (C=O) groups excluding carboxylic acids is 1. The molecular weight excluding hydrogens is 248 g/mol. The van der Waals surface area contributed by atoms with E-state index in [9.17, 15) is 13.2 Å². The molecule has 0 heterocycles. The summed E-state index contributed by atoms with van der Waals surface area (Å²) in [6.45, 7) is 1.42. The summed E-state index contributed by atoms with van der Waals surface area (Å²) >= 11 is 0. The molecule has 0 saturated heterocycles. The number of hydrogen-bond donors (Lipinski definition) is 3. The maximum absolute atomic E-state index is 11.4. The van der Waals surface area contributed by atoms with Gasteiger partial charge >= 0.3 is 0 Å². The van der Waals surface area contributed by atoms with Gasteiger partial charge in [-0.15, -0.1) is 0 Å². The molecule has 0 spiro atoms. The Morgan fingerprint density at radius 3 is 2.47 bits per heavy atom. The molecule has 0 radical (unpaired) electrons. The fourth-order valence-corrected chi connectivity index (χ4v) is 1.58. The lowest BCUT2D eigenvalue weighted by molar-refractivity contribution is -0.122. The molecule has 8 nitrogen and oxygen atoms in total. The zero-order valence-electron chi connectivity index (χ0n) is 10.0. The van der Waals surface area contributed by atoms with Crippen LogP contribution in [0.4, 0.5) is 0 Å². The van der Waals surface area contributed by atoms with Gasteiger partial charge in [-0.3, -0.25) is 4.79 Å². The lowest BCUT2D eigenvalue weighted by Gasteiger charge is -2.13. The fraction of sp³-hybridized carbons (Fsp3) is 0.750. The molecule has 4 N–H and O–H groups in total. The van der Waals surface area contributed by atoms with E-state index in [1.54, 1.807) is 0 Å². The SMILES string of the molecule is CC(C(=O)NCCS(=O)(=O)N(C)C)C(N)=NO. The second-order valence-corrected chi connectivity index (χ2v) is 5.94. The second-order valence-electron chi connectivity index (χ2n) is 3.64. The van der Waals surface area contributed by atoms with Crippen LogP contribution in [0.2, 0.25) is 0 Å². The molecular formula is C8H18N4O4S. The van der Waals surface area contributed by atoms with Crippen LogP contribution in [0.5, 0.6) is 0 Å². The van der Waals surface area contributed by atoms with Gasteiger partial charge < -0.3 is 16.3 Å². The molecule has 0 saturated carbocycles. The van der Waals surface area contributed by atoms with E-state index in [0.717, 1.165) is 4.31 Å². The molecule has 0 bridgehead atoms. The van der Waals surface area contributed by atoms with Crippen LogP contribution in [0, 0.1) is 5.92 Å². The van der Waals surface area contributed by atoms with E-state index < -0.39 is 21.8 Å². The fourth-order valence-electron chi connectivity index (χ4n) is 0.860. The highest BCUT2D eigenvalue weighted by Gasteiger charge is 2.19. The first-order chi connectivity index (χ1) is 7.72. The van der Waals surface area contributed by atoms with Crippen molar-refractivity contribution in [2.75, 3.05) is 26.4 Å². The molecule has 1 atom stereocenters. The van der Waals surface area contributed by atoms with E-state index in [0.29, 0.717) is 0 Å². The zero-order valence-corrected chi connectivity index (χ0v) is 10.9. The summed E-state index contributed by atoms with van der Waals surface area (Å²) in [6, 6.07) is 0.